The van der Waals surface area contributed by atoms with E-state index in [0.29, 0.717) is 0 Å². The molecule has 0 aliphatic carbocycles. The molecule has 8 nitrogen and oxygen atoms in total. The molecular weight excluding hydrogens is 483 g/mol. The van der Waals surface area contributed by atoms with Crippen LogP contribution < -0.4 is 0 Å². The van der Waals surface area contributed by atoms with Crippen LogP contribution in [0.2, 0.25) is 0 Å². The average Bonchev–Trinajstić information content (AvgIpc) is 3.24. The lowest BCUT2D eigenvalue weighted by molar-refractivity contribution is -0.161. The monoisotopic (exact) mass is 583 g/mol. The summed E-state index contributed by atoms with van der Waals surface area (Å²) in [5, 5.41) is 0. The Morgan fingerprint density at radius 2 is 1.11 bits per heavy atom. The van der Waals surface area contributed by atoms with E-state index in [2.05, 4.69) is 14.0 Å². The molecule has 0 aromatic rings. The van der Waals surface area contributed by atoms with Gasteiger partial charge in [0.1, 0.15) is 6.61 Å². The van der Waals surface area contributed by atoms with Crippen LogP contribution in [0.25, 0.3) is 0 Å². The molecule has 0 aliphatic rings. The molecule has 0 saturated heterocycles. The van der Waals surface area contributed by atoms with E-state index in [0.717, 1.165) is 0 Å². The zero-order chi connectivity index (χ0) is 67.8. The molecular formula is C27H53O8P. The molecule has 214 valence electrons. The van der Waals surface area contributed by atoms with E-state index in [9.17, 15) is 23.9 Å². The van der Waals surface area contributed by atoms with E-state index in [1.807, 2.05) is 0 Å². The van der Waals surface area contributed by atoms with Gasteiger partial charge in [-0.1, -0.05) is 116 Å². The average molecular weight is 583 g/mol. The van der Waals surface area contributed by atoms with Gasteiger partial charge in [-0.05, 0) is 12.7 Å². The molecule has 2 N–H and O–H groups in total. The van der Waals surface area contributed by atoms with Crippen molar-refractivity contribution in [3.05, 3.63) is 0 Å². The van der Waals surface area contributed by atoms with Crippen molar-refractivity contribution in [2.75, 3.05) is 13.2 Å². The topological polar surface area (TPSA) is 119 Å². The van der Waals surface area contributed by atoms with E-state index < -0.39 is 180 Å². The standard InChI is InChI=1S/C27H53O8P/c1-3-5-7-9-11-13-15-17-19-21-26(28)33-23-25(24-34-36(30,31)32)35-27(29)22-20-18-16-14-12-10-8-6-4-2/h25H,3-24H2,1-2H3,(H2,30,31,32)/t25-/m1/s1/i1D3,2D3,3D2,4D2,5D2,6D2,7D2,8D2,9D2,10D2,11D2,12D2,13D2,14D2,15D2,16D2,17D2,18D2,19D2,20D2,21D2,22D2. The molecule has 0 spiro atoms. The Morgan fingerprint density at radius 3 is 1.56 bits per heavy atom. The molecule has 0 saturated carbocycles. The normalized spacial score (nSPS) is 40.1. The van der Waals surface area contributed by atoms with E-state index in [1.165, 1.54) is 0 Å². The van der Waals surface area contributed by atoms with Crippen molar-refractivity contribution in [3.8, 4) is 0 Å². The summed E-state index contributed by atoms with van der Waals surface area (Å²) >= 11 is 0. The highest BCUT2D eigenvalue weighted by Gasteiger charge is 2.22. The summed E-state index contributed by atoms with van der Waals surface area (Å²) in [5.41, 5.74) is 0. The number of rotatable bonds is 26. The third-order valence-corrected chi connectivity index (χ3v) is 2.92. The van der Waals surface area contributed by atoms with Crippen molar-refractivity contribution in [2.24, 2.45) is 0 Å². The fraction of sp³-hybridized carbons (Fsp3) is 0.926. The number of carbonyl (C=O) groups is 2. The highest BCUT2D eigenvalue weighted by molar-refractivity contribution is 7.46. The first-order valence-electron chi connectivity index (χ1n) is 31.7. The molecule has 0 aromatic heterocycles. The van der Waals surface area contributed by atoms with E-state index in [4.69, 9.17) is 63.1 Å². The summed E-state index contributed by atoms with van der Waals surface area (Å²) < 4.78 is 392. The number of esters is 2. The van der Waals surface area contributed by atoms with Crippen molar-refractivity contribution in [1.29, 1.82) is 0 Å². The Hall–Kier alpha value is -0.950. The van der Waals surface area contributed by atoms with Gasteiger partial charge in [-0.3, -0.25) is 14.1 Å². The van der Waals surface area contributed by atoms with Gasteiger partial charge in [0.25, 0.3) is 0 Å². The van der Waals surface area contributed by atoms with Crippen LogP contribution in [0, 0.1) is 0 Å². The second-order valence-corrected chi connectivity index (χ2v) is 6.15. The Bertz CT molecular complexity index is 2370. The fourth-order valence-corrected chi connectivity index (χ4v) is 1.64. The summed E-state index contributed by atoms with van der Waals surface area (Å²) in [6.07, 6.45) is -104. The van der Waals surface area contributed by atoms with Crippen LogP contribution in [-0.4, -0.2) is 41.0 Å². The van der Waals surface area contributed by atoms with Crippen LogP contribution in [-0.2, 0) is 28.2 Å². The molecule has 0 unspecified atom stereocenters. The predicted octanol–water partition coefficient (Wildman–Crippen LogP) is 7.39. The number of ether oxygens (including phenoxy) is 2. The van der Waals surface area contributed by atoms with Crippen LogP contribution in [0.1, 0.15) is 204 Å². The largest absolute Gasteiger partial charge is 0.469 e. The second kappa shape index (κ2) is 24.4. The van der Waals surface area contributed by atoms with Gasteiger partial charge >= 0.3 is 19.8 Å². The number of phosphoric ester groups is 1. The minimum absolute atomic E-state index is 2.00. The molecule has 0 rings (SSSR count). The third-order valence-electron chi connectivity index (χ3n) is 2.43. The van der Waals surface area contributed by atoms with Gasteiger partial charge in [-0.2, -0.15) is 0 Å². The third kappa shape index (κ3) is 26.1. The maximum absolute atomic E-state index is 13.4. The van der Waals surface area contributed by atoms with E-state index >= 15 is 0 Å². The molecule has 9 heteroatoms. The smallest absolute Gasteiger partial charge is 0.462 e. The molecule has 0 fully saturated rings. The van der Waals surface area contributed by atoms with Crippen molar-refractivity contribution >= 4 is 19.8 Å². The first-order valence-corrected chi connectivity index (χ1v) is 10.2. The van der Waals surface area contributed by atoms with E-state index in [1.54, 1.807) is 0 Å². The molecule has 1 atom stereocenters. The second-order valence-electron chi connectivity index (χ2n) is 4.91. The molecule has 0 aromatic carbocycles. The van der Waals surface area contributed by atoms with Crippen LogP contribution in [0.3, 0.4) is 0 Å². The SMILES string of the molecule is [2H]C([2H])([2H])C([2H])([2H])C([2H])([2H])C([2H])([2H])C([2H])([2H])C([2H])([2H])C([2H])([2H])C([2H])([2H])C([2H])([2H])C([2H])([2H])C([2H])([2H])C(=O)OC[C@H](COP(=O)(O)O)OC(=O)C([2H])([2H])C([2H])([2H])C([2H])([2H])C([2H])([2H])C([2H])([2H])C([2H])([2H])C([2H])([2H])C([2H])([2H])C([2H])([2H])C([2H])([2H])C([2H])([2H])[2H]. The Morgan fingerprint density at radius 1 is 0.694 bits per heavy atom. The lowest BCUT2D eigenvalue weighted by Gasteiger charge is -2.18. The van der Waals surface area contributed by atoms with Crippen molar-refractivity contribution in [2.45, 2.75) is 147 Å². The van der Waals surface area contributed by atoms with Crippen molar-refractivity contribution in [1.82, 2.24) is 0 Å². The van der Waals surface area contributed by atoms with Gasteiger partial charge in [-0.15, -0.1) is 0 Å². The Kier molecular flexibility index (Phi) is 4.30. The van der Waals surface area contributed by atoms with Gasteiger partial charge in [0, 0.05) is 75.8 Å². The summed E-state index contributed by atoms with van der Waals surface area (Å²) in [7, 11) is -5.92. The van der Waals surface area contributed by atoms with Gasteiger partial charge < -0.3 is 19.3 Å². The molecule has 0 aliphatic heterocycles. The number of phosphoric acid groups is 1. The minimum atomic E-state index is -5.92. The lowest BCUT2D eigenvalue weighted by atomic mass is 10.1. The minimum Gasteiger partial charge on any atom is -0.462 e. The van der Waals surface area contributed by atoms with Crippen LogP contribution in [0.5, 0.6) is 0 Å². The van der Waals surface area contributed by atoms with Crippen LogP contribution >= 0.6 is 7.82 Å². The zero-order valence-corrected chi connectivity index (χ0v) is 18.7. The number of hydrogen-bond donors (Lipinski definition) is 2. The van der Waals surface area contributed by atoms with Gasteiger partial charge in [0.2, 0.25) is 0 Å². The molecule has 0 amide bonds. The highest BCUT2D eigenvalue weighted by Crippen LogP contribution is 2.35. The van der Waals surface area contributed by atoms with Gasteiger partial charge in [-0.25, -0.2) is 4.57 Å². The maximum atomic E-state index is 13.4. The van der Waals surface area contributed by atoms with Gasteiger partial charge in [0.15, 0.2) is 6.10 Å². The van der Waals surface area contributed by atoms with E-state index in [-0.39, 0.29) is 0 Å². The van der Waals surface area contributed by atoms with Gasteiger partial charge in [0.05, 0.1) is 6.61 Å². The van der Waals surface area contributed by atoms with Crippen LogP contribution in [0.15, 0.2) is 0 Å². The summed E-state index contributed by atoms with van der Waals surface area (Å²) in [6.45, 7) is -12.6. The Balaban J connectivity index is 7.57. The van der Waals surface area contributed by atoms with Crippen LogP contribution in [0.4, 0.5) is 0 Å². The first kappa shape index (κ1) is 6.34. The first-order chi connectivity index (χ1) is 34.6. The summed E-state index contributed by atoms with van der Waals surface area (Å²) in [6, 6.07) is 0. The lowest BCUT2D eigenvalue weighted by Crippen LogP contribution is -2.29. The molecule has 0 radical (unpaired) electrons. The zero-order valence-electron chi connectivity index (χ0n) is 63.8. The fourth-order valence-electron chi connectivity index (χ4n) is 1.28. The Labute approximate surface area is 284 Å². The quantitative estimate of drug-likeness (QED) is 0.0800. The highest BCUT2D eigenvalue weighted by atomic mass is 31.2. The number of carbonyl (C=O) groups excluding carboxylic acids is 2. The molecule has 0 bridgehead atoms. The summed E-state index contributed by atoms with van der Waals surface area (Å²) in [4.78, 5) is 45.2. The van der Waals surface area contributed by atoms with Crippen molar-refractivity contribution in [3.63, 3.8) is 0 Å². The summed E-state index contributed by atoms with van der Waals surface area (Å²) in [5.74, 6) is -5.94. The van der Waals surface area contributed by atoms with Crippen molar-refractivity contribution < 1.29 is 101 Å². The predicted molar refractivity (Wildman–Crippen MR) is 143 cm³/mol. The molecule has 0 heterocycles. The molecule has 36 heavy (non-hydrogen) atoms. The number of hydrogen-bond acceptors (Lipinski definition) is 6. The maximum Gasteiger partial charge on any atom is 0.469 e.